The molecular weight excluding hydrogens is 490 g/mol. The third-order valence-electron chi connectivity index (χ3n) is 6.25. The smallest absolute Gasteiger partial charge is 0.250 e. The molecule has 0 spiro atoms. The molecule has 9 heteroatoms. The van der Waals surface area contributed by atoms with Gasteiger partial charge in [0.25, 0.3) is 11.9 Å². The number of fused-ring (bicyclic) bond motifs is 1. The highest BCUT2D eigenvalue weighted by molar-refractivity contribution is 6.30. The van der Waals surface area contributed by atoms with Crippen molar-refractivity contribution >= 4 is 35.5 Å². The molecule has 1 aliphatic heterocycles. The summed E-state index contributed by atoms with van der Waals surface area (Å²) in [6.45, 7) is 0. The number of nitrogens with one attached hydrogen (secondary N) is 2. The zero-order valence-corrected chi connectivity index (χ0v) is 21.1. The van der Waals surface area contributed by atoms with Crippen molar-refractivity contribution in [3.05, 3.63) is 101 Å². The normalized spacial score (nSPS) is 16.6. The fourth-order valence-electron chi connectivity index (χ4n) is 4.47. The van der Waals surface area contributed by atoms with Crippen LogP contribution < -0.4 is 20.1 Å². The molecule has 0 aliphatic carbocycles. The molecular formula is C28H26ClN5O3. The number of methoxy groups -OCH3 is 2. The van der Waals surface area contributed by atoms with Crippen LogP contribution in [0.2, 0.25) is 5.02 Å². The number of hydrogen-bond donors (Lipinski definition) is 2. The number of benzene rings is 3. The Kier molecular flexibility index (Phi) is 7.09. The highest BCUT2D eigenvalue weighted by Crippen LogP contribution is 2.41. The predicted octanol–water partition coefficient (Wildman–Crippen LogP) is 5.75. The van der Waals surface area contributed by atoms with E-state index in [0.29, 0.717) is 23.1 Å². The van der Waals surface area contributed by atoms with Crippen LogP contribution in [0, 0.1) is 0 Å². The van der Waals surface area contributed by atoms with Crippen molar-refractivity contribution in [1.29, 1.82) is 0 Å². The lowest BCUT2D eigenvalue weighted by atomic mass is 9.93. The summed E-state index contributed by atoms with van der Waals surface area (Å²) >= 11 is 6.11. The van der Waals surface area contributed by atoms with Gasteiger partial charge < -0.3 is 14.8 Å². The Labute approximate surface area is 219 Å². The van der Waals surface area contributed by atoms with Gasteiger partial charge in [-0.25, -0.2) is 4.68 Å². The molecule has 2 N–H and O–H groups in total. The summed E-state index contributed by atoms with van der Waals surface area (Å²) in [6, 6.07) is 22.8. The summed E-state index contributed by atoms with van der Waals surface area (Å²) < 4.78 is 12.8. The Hall–Kier alpha value is -4.30. The minimum Gasteiger partial charge on any atom is -0.496 e. The van der Waals surface area contributed by atoms with E-state index in [9.17, 15) is 4.79 Å². The fourth-order valence-corrected chi connectivity index (χ4v) is 4.59. The molecule has 37 heavy (non-hydrogen) atoms. The van der Waals surface area contributed by atoms with Crippen LogP contribution in [0.1, 0.15) is 35.2 Å². The molecule has 5 rings (SSSR count). The highest BCUT2D eigenvalue weighted by Gasteiger charge is 2.32. The minimum absolute atomic E-state index is 0.0436. The minimum atomic E-state index is -0.350. The van der Waals surface area contributed by atoms with Gasteiger partial charge in [0.1, 0.15) is 11.5 Å². The molecule has 0 saturated heterocycles. The standard InChI is InChI=1S/C28H26ClN5O3/c1-36-24-9-5-3-7-19(24)13-16-26(35)31-27-32-28-30-22(18-11-14-20(29)15-12-18)17-23(34(28)33-27)21-8-4-6-10-25(21)37-2/h3-16,22-23H,17H2,1-2H3,(H2,30,31,32,33,35)/b16-13+/t22-,23-/m1/s1. The van der Waals surface area contributed by atoms with E-state index in [2.05, 4.69) is 20.7 Å². The SMILES string of the molecule is COc1ccccc1/C=C/C(=O)Nc1nc2n(n1)[C@@H](c1ccccc1OC)C[C@H](c1ccc(Cl)cc1)N2. The van der Waals surface area contributed by atoms with Crippen molar-refractivity contribution < 1.29 is 14.3 Å². The Bertz CT molecular complexity index is 1430. The molecule has 1 aromatic heterocycles. The number of aromatic nitrogens is 3. The summed E-state index contributed by atoms with van der Waals surface area (Å²) in [6.07, 6.45) is 3.82. The van der Waals surface area contributed by atoms with E-state index in [-0.39, 0.29) is 23.9 Å². The average Bonchev–Trinajstić information content (AvgIpc) is 3.34. The van der Waals surface area contributed by atoms with E-state index >= 15 is 0 Å². The van der Waals surface area contributed by atoms with E-state index in [1.54, 1.807) is 25.0 Å². The number of nitrogens with zero attached hydrogens (tertiary/aromatic N) is 3. The lowest BCUT2D eigenvalue weighted by molar-refractivity contribution is -0.111. The number of para-hydroxylation sites is 2. The van der Waals surface area contributed by atoms with Crippen molar-refractivity contribution in [3.63, 3.8) is 0 Å². The number of anilines is 2. The first kappa shape index (κ1) is 24.4. The van der Waals surface area contributed by atoms with Gasteiger partial charge in [0.05, 0.1) is 26.3 Å². The first-order valence-electron chi connectivity index (χ1n) is 11.8. The Morgan fingerprint density at radius 1 is 1.03 bits per heavy atom. The molecule has 1 aliphatic rings. The van der Waals surface area contributed by atoms with Crippen LogP contribution in [0.5, 0.6) is 11.5 Å². The highest BCUT2D eigenvalue weighted by atomic mass is 35.5. The van der Waals surface area contributed by atoms with E-state index < -0.39 is 0 Å². The molecule has 0 bridgehead atoms. The Balaban J connectivity index is 1.44. The van der Waals surface area contributed by atoms with Crippen molar-refractivity contribution in [2.45, 2.75) is 18.5 Å². The van der Waals surface area contributed by atoms with E-state index in [1.807, 2.05) is 72.8 Å². The van der Waals surface area contributed by atoms with E-state index in [0.717, 1.165) is 22.4 Å². The molecule has 0 radical (unpaired) electrons. The molecule has 0 unspecified atom stereocenters. The summed E-state index contributed by atoms with van der Waals surface area (Å²) in [4.78, 5) is 17.3. The lowest BCUT2D eigenvalue weighted by Gasteiger charge is -2.32. The van der Waals surface area contributed by atoms with Crippen molar-refractivity contribution in [1.82, 2.24) is 14.8 Å². The van der Waals surface area contributed by atoms with Crippen LogP contribution in [0.15, 0.2) is 78.9 Å². The van der Waals surface area contributed by atoms with Gasteiger partial charge in [0.15, 0.2) is 0 Å². The summed E-state index contributed by atoms with van der Waals surface area (Å²) in [5.41, 5.74) is 2.84. The summed E-state index contributed by atoms with van der Waals surface area (Å²) in [5, 5.41) is 11.5. The van der Waals surface area contributed by atoms with Gasteiger partial charge in [0, 0.05) is 22.2 Å². The zero-order valence-electron chi connectivity index (χ0n) is 20.4. The van der Waals surface area contributed by atoms with E-state index in [4.69, 9.17) is 21.1 Å². The van der Waals surface area contributed by atoms with Crippen molar-refractivity contribution in [2.75, 3.05) is 24.9 Å². The third kappa shape index (κ3) is 5.29. The number of rotatable bonds is 7. The van der Waals surface area contributed by atoms with Crippen molar-refractivity contribution in [3.8, 4) is 11.5 Å². The topological polar surface area (TPSA) is 90.3 Å². The zero-order chi connectivity index (χ0) is 25.8. The van der Waals surface area contributed by atoms with Crippen LogP contribution in [0.25, 0.3) is 6.08 Å². The molecule has 2 heterocycles. The second kappa shape index (κ2) is 10.8. The van der Waals surface area contributed by atoms with Crippen LogP contribution in [0.3, 0.4) is 0 Å². The quantitative estimate of drug-likeness (QED) is 0.305. The van der Waals surface area contributed by atoms with Gasteiger partial charge >= 0.3 is 0 Å². The lowest BCUT2D eigenvalue weighted by Crippen LogP contribution is -2.28. The number of carbonyl (C=O) groups excluding carboxylic acids is 1. The first-order chi connectivity index (χ1) is 18.1. The summed E-state index contributed by atoms with van der Waals surface area (Å²) in [5.74, 6) is 1.84. The van der Waals surface area contributed by atoms with Crippen molar-refractivity contribution in [2.24, 2.45) is 0 Å². The monoisotopic (exact) mass is 515 g/mol. The van der Waals surface area contributed by atoms with Gasteiger partial charge in [-0.15, -0.1) is 5.10 Å². The van der Waals surface area contributed by atoms with Gasteiger partial charge in [-0.05, 0) is 42.3 Å². The number of amides is 1. The first-order valence-corrected chi connectivity index (χ1v) is 12.2. The molecule has 0 fully saturated rings. The van der Waals surface area contributed by atoms with Gasteiger partial charge in [-0.3, -0.25) is 10.1 Å². The maximum absolute atomic E-state index is 12.7. The molecule has 1 amide bonds. The van der Waals surface area contributed by atoms with Crippen LogP contribution in [-0.2, 0) is 4.79 Å². The van der Waals surface area contributed by atoms with E-state index in [1.165, 1.54) is 6.08 Å². The molecule has 2 atom stereocenters. The number of halogens is 1. The van der Waals surface area contributed by atoms with Crippen LogP contribution >= 0.6 is 11.6 Å². The molecule has 8 nitrogen and oxygen atoms in total. The Morgan fingerprint density at radius 2 is 1.73 bits per heavy atom. The number of ether oxygens (including phenoxy) is 2. The predicted molar refractivity (Wildman–Crippen MR) is 144 cm³/mol. The third-order valence-corrected chi connectivity index (χ3v) is 6.50. The molecule has 3 aromatic carbocycles. The maximum atomic E-state index is 12.7. The number of carbonyl (C=O) groups is 1. The average molecular weight is 516 g/mol. The molecule has 4 aromatic rings. The second-order valence-electron chi connectivity index (χ2n) is 8.51. The second-order valence-corrected chi connectivity index (χ2v) is 8.95. The van der Waals surface area contributed by atoms with Gasteiger partial charge in [-0.1, -0.05) is 60.1 Å². The largest absolute Gasteiger partial charge is 0.496 e. The number of hydrogen-bond acceptors (Lipinski definition) is 6. The van der Waals surface area contributed by atoms with Crippen LogP contribution in [0.4, 0.5) is 11.9 Å². The Morgan fingerprint density at radius 3 is 2.49 bits per heavy atom. The van der Waals surface area contributed by atoms with Gasteiger partial charge in [-0.2, -0.15) is 4.98 Å². The van der Waals surface area contributed by atoms with Crippen LogP contribution in [-0.4, -0.2) is 34.9 Å². The summed E-state index contributed by atoms with van der Waals surface area (Å²) in [7, 11) is 3.24. The van der Waals surface area contributed by atoms with Gasteiger partial charge in [0.2, 0.25) is 5.95 Å². The molecule has 188 valence electrons. The fraction of sp³-hybridized carbons (Fsp3) is 0.179. The maximum Gasteiger partial charge on any atom is 0.250 e. The molecule has 0 saturated carbocycles.